The highest BCUT2D eigenvalue weighted by atomic mass is 35.5. The zero-order valence-corrected chi connectivity index (χ0v) is 14.7. The van der Waals surface area contributed by atoms with E-state index in [9.17, 15) is 0 Å². The fourth-order valence-electron chi connectivity index (χ4n) is 2.25. The van der Waals surface area contributed by atoms with E-state index in [1.54, 1.807) is 28.9 Å². The van der Waals surface area contributed by atoms with Gasteiger partial charge >= 0.3 is 0 Å². The number of halogens is 1. The summed E-state index contributed by atoms with van der Waals surface area (Å²) in [5, 5.41) is 1.61. The molecule has 0 radical (unpaired) electrons. The molecule has 1 aromatic carbocycles. The number of rotatable bonds is 3. The molecule has 2 N–H and O–H groups in total. The van der Waals surface area contributed by atoms with E-state index in [-0.39, 0.29) is 5.95 Å². The van der Waals surface area contributed by atoms with Crippen molar-refractivity contribution in [3.63, 3.8) is 0 Å². The van der Waals surface area contributed by atoms with Gasteiger partial charge in [-0.05, 0) is 42.5 Å². The van der Waals surface area contributed by atoms with E-state index in [4.69, 9.17) is 17.3 Å². The number of thiazole rings is 1. The molecule has 4 rings (SSSR count). The molecule has 7 heteroatoms. The van der Waals surface area contributed by atoms with E-state index < -0.39 is 0 Å². The van der Waals surface area contributed by atoms with Crippen LogP contribution in [-0.2, 0) is 0 Å². The first-order valence-corrected chi connectivity index (χ1v) is 9.12. The first kappa shape index (κ1) is 15.3. The topological polar surface area (TPSA) is 64.7 Å². The van der Waals surface area contributed by atoms with Crippen molar-refractivity contribution >= 4 is 62.6 Å². The second-order valence-electron chi connectivity index (χ2n) is 4.97. The molecular formula is C17H11ClN4S2. The van der Waals surface area contributed by atoms with E-state index in [1.807, 2.05) is 42.5 Å². The number of hydrogen-bond donors (Lipinski definition) is 1. The van der Waals surface area contributed by atoms with Crippen molar-refractivity contribution in [1.29, 1.82) is 0 Å². The third-order valence-corrected chi connectivity index (χ3v) is 5.69. The number of aromatic nitrogens is 3. The Kier molecular flexibility index (Phi) is 4.02. The fraction of sp³-hybridized carbons (Fsp3) is 0. The molecule has 0 aliphatic carbocycles. The maximum atomic E-state index is 6.17. The second-order valence-corrected chi connectivity index (χ2v) is 7.56. The van der Waals surface area contributed by atoms with Crippen molar-refractivity contribution < 1.29 is 0 Å². The fourth-order valence-corrected chi connectivity index (χ4v) is 4.30. The summed E-state index contributed by atoms with van der Waals surface area (Å²) >= 11 is 9.43. The molecule has 0 saturated carbocycles. The summed E-state index contributed by atoms with van der Waals surface area (Å²) in [6.45, 7) is 0. The summed E-state index contributed by atoms with van der Waals surface area (Å²) in [7, 11) is 0. The van der Waals surface area contributed by atoms with Gasteiger partial charge in [-0.25, -0.2) is 15.0 Å². The van der Waals surface area contributed by atoms with Gasteiger partial charge in [-0.1, -0.05) is 17.7 Å². The van der Waals surface area contributed by atoms with Crippen LogP contribution in [0.5, 0.6) is 0 Å². The monoisotopic (exact) mass is 370 g/mol. The normalized spacial score (nSPS) is 11.5. The number of nitrogens with two attached hydrogens (primary N) is 1. The van der Waals surface area contributed by atoms with Gasteiger partial charge in [-0.2, -0.15) is 0 Å². The van der Waals surface area contributed by atoms with Crippen LogP contribution in [-0.4, -0.2) is 15.0 Å². The lowest BCUT2D eigenvalue weighted by Crippen LogP contribution is -1.93. The smallest absolute Gasteiger partial charge is 0.220 e. The van der Waals surface area contributed by atoms with Gasteiger partial charge in [-0.3, -0.25) is 0 Å². The first-order chi connectivity index (χ1) is 11.7. The van der Waals surface area contributed by atoms with Crippen LogP contribution < -0.4 is 5.73 Å². The van der Waals surface area contributed by atoms with Crippen LogP contribution in [0, 0.1) is 0 Å². The molecule has 0 aliphatic heterocycles. The molecule has 0 spiro atoms. The molecule has 118 valence electrons. The molecule has 0 saturated heterocycles. The molecule has 4 nitrogen and oxygen atoms in total. The largest absolute Gasteiger partial charge is 0.368 e. The second kappa shape index (κ2) is 6.32. The Balaban J connectivity index is 1.61. The maximum absolute atomic E-state index is 6.17. The molecule has 24 heavy (non-hydrogen) atoms. The van der Waals surface area contributed by atoms with Crippen molar-refractivity contribution in [2.24, 2.45) is 0 Å². The molecule has 0 aliphatic rings. The van der Waals surface area contributed by atoms with Gasteiger partial charge in [0, 0.05) is 11.1 Å². The zero-order valence-electron chi connectivity index (χ0n) is 12.3. The SMILES string of the molecule is Nc1nccc(-c2ccc(/C=C/c3nc4c(Cl)cccc4s3)s2)n1. The standard InChI is InChI=1S/C17H11ClN4S2/c18-11-2-1-3-14-16(11)22-15(24-14)7-5-10-4-6-13(23-10)12-8-9-20-17(19)21-12/h1-9H,(H2,19,20,21)/b7-5+. The predicted octanol–water partition coefficient (Wildman–Crippen LogP) is 5.22. The minimum atomic E-state index is 0.282. The Morgan fingerprint density at radius 3 is 2.75 bits per heavy atom. The Morgan fingerprint density at radius 2 is 1.92 bits per heavy atom. The van der Waals surface area contributed by atoms with Crippen LogP contribution in [0.15, 0.2) is 42.6 Å². The average molecular weight is 371 g/mol. The highest BCUT2D eigenvalue weighted by molar-refractivity contribution is 7.19. The maximum Gasteiger partial charge on any atom is 0.220 e. The average Bonchev–Trinajstić information content (AvgIpc) is 3.20. The van der Waals surface area contributed by atoms with Gasteiger partial charge in [0.15, 0.2) is 0 Å². The van der Waals surface area contributed by atoms with E-state index in [1.165, 1.54) is 0 Å². The minimum Gasteiger partial charge on any atom is -0.368 e. The third kappa shape index (κ3) is 3.03. The van der Waals surface area contributed by atoms with Crippen molar-refractivity contribution in [2.75, 3.05) is 5.73 Å². The summed E-state index contributed by atoms with van der Waals surface area (Å²) in [6, 6.07) is 11.8. The quantitative estimate of drug-likeness (QED) is 0.536. The Morgan fingerprint density at radius 1 is 1.00 bits per heavy atom. The van der Waals surface area contributed by atoms with Crippen molar-refractivity contribution in [1.82, 2.24) is 15.0 Å². The van der Waals surface area contributed by atoms with Crippen LogP contribution in [0.4, 0.5) is 5.95 Å². The Labute approximate surface area is 151 Å². The minimum absolute atomic E-state index is 0.282. The lowest BCUT2D eigenvalue weighted by atomic mass is 10.3. The van der Waals surface area contributed by atoms with Gasteiger partial charge in [-0.15, -0.1) is 22.7 Å². The van der Waals surface area contributed by atoms with Gasteiger partial charge in [0.2, 0.25) is 5.95 Å². The Hall–Kier alpha value is -2.28. The summed E-state index contributed by atoms with van der Waals surface area (Å²) in [4.78, 5) is 14.9. The van der Waals surface area contributed by atoms with Gasteiger partial charge < -0.3 is 5.73 Å². The zero-order chi connectivity index (χ0) is 16.5. The van der Waals surface area contributed by atoms with E-state index in [2.05, 4.69) is 21.0 Å². The lowest BCUT2D eigenvalue weighted by molar-refractivity contribution is 1.19. The van der Waals surface area contributed by atoms with Gasteiger partial charge in [0.25, 0.3) is 0 Å². The van der Waals surface area contributed by atoms with Crippen molar-refractivity contribution in [2.45, 2.75) is 0 Å². The van der Waals surface area contributed by atoms with Gasteiger partial charge in [0.1, 0.15) is 10.5 Å². The highest BCUT2D eigenvalue weighted by Crippen LogP contribution is 2.31. The number of thiophene rings is 1. The summed E-state index contributed by atoms with van der Waals surface area (Å²) in [6.07, 6.45) is 5.72. The molecule has 0 bridgehead atoms. The molecule has 3 heterocycles. The molecule has 0 amide bonds. The van der Waals surface area contributed by atoms with Crippen molar-refractivity contribution in [3.05, 3.63) is 57.5 Å². The molecule has 0 atom stereocenters. The number of nitrogens with zero attached hydrogens (tertiary/aromatic N) is 3. The van der Waals surface area contributed by atoms with Crippen LogP contribution in [0.3, 0.4) is 0 Å². The number of para-hydroxylation sites is 1. The number of nitrogen functional groups attached to an aromatic ring is 1. The van der Waals surface area contributed by atoms with Crippen LogP contribution in [0.2, 0.25) is 5.02 Å². The van der Waals surface area contributed by atoms with E-state index in [0.717, 1.165) is 30.7 Å². The Bertz CT molecular complexity index is 1050. The number of hydrogen-bond acceptors (Lipinski definition) is 6. The third-order valence-electron chi connectivity index (χ3n) is 3.33. The summed E-state index contributed by atoms with van der Waals surface area (Å²) in [5.74, 6) is 0.282. The molecule has 4 aromatic rings. The number of fused-ring (bicyclic) bond motifs is 1. The molecule has 0 fully saturated rings. The first-order valence-electron chi connectivity index (χ1n) is 7.11. The molecular weight excluding hydrogens is 360 g/mol. The molecule has 3 aromatic heterocycles. The summed E-state index contributed by atoms with van der Waals surface area (Å²) in [5.41, 5.74) is 7.32. The van der Waals surface area contributed by atoms with Crippen molar-refractivity contribution in [3.8, 4) is 10.6 Å². The highest BCUT2D eigenvalue weighted by Gasteiger charge is 2.06. The van der Waals surface area contributed by atoms with Gasteiger partial charge in [0.05, 0.1) is 20.3 Å². The predicted molar refractivity (Wildman–Crippen MR) is 103 cm³/mol. The number of anilines is 1. The van der Waals surface area contributed by atoms with Crippen LogP contribution in [0.1, 0.15) is 9.88 Å². The molecule has 0 unspecified atom stereocenters. The van der Waals surface area contributed by atoms with Crippen LogP contribution >= 0.6 is 34.3 Å². The van der Waals surface area contributed by atoms with E-state index in [0.29, 0.717) is 5.02 Å². The van der Waals surface area contributed by atoms with Crippen LogP contribution in [0.25, 0.3) is 32.9 Å². The summed E-state index contributed by atoms with van der Waals surface area (Å²) < 4.78 is 1.09. The number of benzene rings is 1. The van der Waals surface area contributed by atoms with E-state index >= 15 is 0 Å². The lowest BCUT2D eigenvalue weighted by Gasteiger charge is -1.96.